The van der Waals surface area contributed by atoms with E-state index in [0.717, 1.165) is 90.2 Å². The van der Waals surface area contributed by atoms with E-state index >= 15 is 0 Å². The van der Waals surface area contributed by atoms with Crippen molar-refractivity contribution in [1.29, 1.82) is 0 Å². The Morgan fingerprint density at radius 1 is 0.311 bits per heavy atom. The Labute approximate surface area is 434 Å². The van der Waals surface area contributed by atoms with Gasteiger partial charge in [-0.2, -0.15) is 0 Å². The van der Waals surface area contributed by atoms with Crippen LogP contribution in [0.15, 0.2) is 222 Å². The Hall–Kier alpha value is -8.95. The molecule has 0 fully saturated rings. The van der Waals surface area contributed by atoms with Gasteiger partial charge in [0.2, 0.25) is 0 Å². The van der Waals surface area contributed by atoms with Crippen molar-refractivity contribution in [1.82, 2.24) is 4.98 Å². The lowest BCUT2D eigenvalue weighted by molar-refractivity contribution is 0.281. The van der Waals surface area contributed by atoms with Crippen LogP contribution in [0.25, 0.3) is 0 Å². The highest BCUT2D eigenvalue weighted by Gasteiger charge is 2.12. The maximum Gasteiger partial charge on any atom is 0.123 e. The van der Waals surface area contributed by atoms with Gasteiger partial charge in [0.15, 0.2) is 0 Å². The molecule has 370 valence electrons. The first-order valence-electron chi connectivity index (χ1n) is 24.7. The van der Waals surface area contributed by atoms with Crippen LogP contribution in [0.5, 0.6) is 34.5 Å². The van der Waals surface area contributed by atoms with Crippen molar-refractivity contribution in [2.24, 2.45) is 9.98 Å². The van der Waals surface area contributed by atoms with Crippen molar-refractivity contribution in [2.45, 2.75) is 67.3 Å². The largest absolute Gasteiger partial charge is 0.489 e. The zero-order chi connectivity index (χ0) is 50.9. The van der Waals surface area contributed by atoms with E-state index in [1.54, 1.807) is 0 Å². The maximum absolute atomic E-state index is 6.34. The molecular formula is C65H59N3O6. The van der Waals surface area contributed by atoms with Crippen molar-refractivity contribution in [3.8, 4) is 34.5 Å². The van der Waals surface area contributed by atoms with Gasteiger partial charge in [-0.1, -0.05) is 127 Å². The molecule has 0 atom stereocenters. The molecule has 74 heavy (non-hydrogen) atoms. The van der Waals surface area contributed by atoms with Crippen molar-refractivity contribution in [2.75, 3.05) is 0 Å². The highest BCUT2D eigenvalue weighted by atomic mass is 16.5. The van der Waals surface area contributed by atoms with E-state index in [1.807, 2.05) is 240 Å². The Bertz CT molecular complexity index is 2980. The molecule has 1 heterocycles. The van der Waals surface area contributed by atoms with Crippen LogP contribution in [-0.4, -0.2) is 16.4 Å². The fraction of sp³-hybridized carbons (Fsp3) is 0.154. The maximum atomic E-state index is 6.34. The summed E-state index contributed by atoms with van der Waals surface area (Å²) in [5, 5.41) is 0. The van der Waals surface area contributed by atoms with Gasteiger partial charge in [-0.3, -0.25) is 9.98 Å². The van der Waals surface area contributed by atoms with Crippen molar-refractivity contribution >= 4 is 22.8 Å². The molecule has 0 bridgehead atoms. The van der Waals surface area contributed by atoms with Gasteiger partial charge in [0.05, 0.1) is 34.2 Å². The molecule has 9 heteroatoms. The van der Waals surface area contributed by atoms with Crippen LogP contribution in [0, 0.1) is 13.8 Å². The number of aromatic nitrogens is 1. The SMILES string of the molecule is CC(=Nc1ccc(OCc2cc(OCc3ccccc3)cc(OCc3ccccc3)c2)cc1C)c1cccc(C(C)=Nc2ccc(OCc3cc(OCc4ccccc4)cc(OCc4ccccc4)c3)cc2C)n1. The minimum absolute atomic E-state index is 0.328. The number of ether oxygens (including phenoxy) is 6. The average Bonchev–Trinajstić information content (AvgIpc) is 3.44. The molecule has 9 rings (SSSR count). The smallest absolute Gasteiger partial charge is 0.123 e. The third-order valence-electron chi connectivity index (χ3n) is 12.1. The summed E-state index contributed by atoms with van der Waals surface area (Å²) in [4.78, 5) is 15.0. The minimum Gasteiger partial charge on any atom is -0.489 e. The molecule has 0 N–H and O–H groups in total. The van der Waals surface area contributed by atoms with Crippen LogP contribution < -0.4 is 28.4 Å². The second-order valence-corrected chi connectivity index (χ2v) is 18.0. The molecule has 0 aliphatic rings. The number of hydrogen-bond acceptors (Lipinski definition) is 9. The molecule has 0 aliphatic heterocycles. The van der Waals surface area contributed by atoms with Crippen LogP contribution in [0.2, 0.25) is 0 Å². The quantitative estimate of drug-likeness (QED) is 0.0625. The molecular weight excluding hydrogens is 919 g/mol. The number of pyridine rings is 1. The minimum atomic E-state index is 0.328. The third-order valence-corrected chi connectivity index (χ3v) is 12.1. The second kappa shape index (κ2) is 24.9. The Balaban J connectivity index is 0.826. The number of aryl methyl sites for hydroxylation is 2. The first kappa shape index (κ1) is 50.0. The summed E-state index contributed by atoms with van der Waals surface area (Å²) in [6.45, 7) is 10.5. The second-order valence-electron chi connectivity index (χ2n) is 18.0. The summed E-state index contributed by atoms with van der Waals surface area (Å²) in [5.74, 6) is 4.32. The number of benzene rings is 8. The molecule has 9 aromatic rings. The third kappa shape index (κ3) is 14.6. The first-order chi connectivity index (χ1) is 36.2. The van der Waals surface area contributed by atoms with Crippen LogP contribution in [-0.2, 0) is 39.6 Å². The van der Waals surface area contributed by atoms with Crippen LogP contribution in [0.3, 0.4) is 0 Å². The lowest BCUT2D eigenvalue weighted by atomic mass is 10.1. The molecule has 0 unspecified atom stereocenters. The van der Waals surface area contributed by atoms with Gasteiger partial charge >= 0.3 is 0 Å². The van der Waals surface area contributed by atoms with Gasteiger partial charge in [0.1, 0.15) is 74.1 Å². The zero-order valence-electron chi connectivity index (χ0n) is 42.2. The van der Waals surface area contributed by atoms with E-state index < -0.39 is 0 Å². The number of nitrogens with zero attached hydrogens (tertiary/aromatic N) is 3. The average molecular weight is 978 g/mol. The van der Waals surface area contributed by atoms with Gasteiger partial charge in [0, 0.05) is 12.1 Å². The van der Waals surface area contributed by atoms with Crippen molar-refractivity contribution < 1.29 is 28.4 Å². The molecule has 0 radical (unpaired) electrons. The molecule has 0 amide bonds. The van der Waals surface area contributed by atoms with Gasteiger partial charge in [-0.15, -0.1) is 0 Å². The van der Waals surface area contributed by atoms with Gasteiger partial charge in [-0.25, -0.2) is 4.98 Å². The predicted octanol–water partition coefficient (Wildman–Crippen LogP) is 15.5. The van der Waals surface area contributed by atoms with Crippen LogP contribution >= 0.6 is 0 Å². The number of rotatable bonds is 22. The fourth-order valence-electron chi connectivity index (χ4n) is 8.06. The summed E-state index contributed by atoms with van der Waals surface area (Å²) in [5.41, 5.74) is 12.9. The molecule has 8 aromatic carbocycles. The summed E-state index contributed by atoms with van der Waals surface area (Å²) in [6, 6.07) is 70.1. The van der Waals surface area contributed by atoms with Gasteiger partial charge < -0.3 is 28.4 Å². The number of hydrogen-bond donors (Lipinski definition) is 0. The molecule has 0 aliphatic carbocycles. The van der Waals surface area contributed by atoms with Gasteiger partial charge in [0.25, 0.3) is 0 Å². The Morgan fingerprint density at radius 2 is 0.608 bits per heavy atom. The van der Waals surface area contributed by atoms with E-state index in [-0.39, 0.29) is 0 Å². The van der Waals surface area contributed by atoms with Gasteiger partial charge in [-0.05, 0) is 145 Å². The molecule has 0 spiro atoms. The van der Waals surface area contributed by atoms with Crippen LogP contribution in [0.1, 0.15) is 69.7 Å². The van der Waals surface area contributed by atoms with E-state index in [1.165, 1.54) is 0 Å². The van der Waals surface area contributed by atoms with E-state index in [2.05, 4.69) is 0 Å². The predicted molar refractivity (Wildman–Crippen MR) is 295 cm³/mol. The first-order valence-corrected chi connectivity index (χ1v) is 24.7. The summed E-state index contributed by atoms with van der Waals surface area (Å²) < 4.78 is 37.6. The molecule has 1 aromatic heterocycles. The molecule has 9 nitrogen and oxygen atoms in total. The van der Waals surface area contributed by atoms with E-state index in [0.29, 0.717) is 62.6 Å². The lowest BCUT2D eigenvalue weighted by Gasteiger charge is -2.14. The number of aliphatic imine (C=N–C) groups is 2. The zero-order valence-corrected chi connectivity index (χ0v) is 42.2. The fourth-order valence-corrected chi connectivity index (χ4v) is 8.06. The van der Waals surface area contributed by atoms with Crippen molar-refractivity contribution in [3.63, 3.8) is 0 Å². The molecule has 0 saturated heterocycles. The standard InChI is InChI=1S/C65H59N3O6/c1-46-32-56(69-44-54-34-58(71-40-50-18-9-5-10-19-50)38-59(35-54)72-41-51-20-11-6-12-21-51)28-30-62(46)66-48(3)64-26-17-27-65(68-64)49(4)67-63-31-29-57(33-47(63)2)70-45-55-36-60(73-42-52-22-13-7-14-23-52)39-61(37-55)74-43-53-24-15-8-16-25-53/h5-39H,40-45H2,1-4H3. The normalized spacial score (nSPS) is 11.5. The lowest BCUT2D eigenvalue weighted by Crippen LogP contribution is -2.05. The summed E-state index contributed by atoms with van der Waals surface area (Å²) in [6.07, 6.45) is 0. The summed E-state index contributed by atoms with van der Waals surface area (Å²) in [7, 11) is 0. The summed E-state index contributed by atoms with van der Waals surface area (Å²) >= 11 is 0. The Kier molecular flexibility index (Phi) is 16.9. The van der Waals surface area contributed by atoms with Crippen molar-refractivity contribution in [3.05, 3.63) is 268 Å². The van der Waals surface area contributed by atoms with Crippen LogP contribution in [0.4, 0.5) is 11.4 Å². The van der Waals surface area contributed by atoms with E-state index in [9.17, 15) is 0 Å². The topological polar surface area (TPSA) is 93.0 Å². The van der Waals surface area contributed by atoms with E-state index in [4.69, 9.17) is 43.4 Å². The highest BCUT2D eigenvalue weighted by molar-refractivity contribution is 6.02. The highest BCUT2D eigenvalue weighted by Crippen LogP contribution is 2.31. The molecule has 0 saturated carbocycles. The monoisotopic (exact) mass is 977 g/mol. The Morgan fingerprint density at radius 3 is 0.919 bits per heavy atom.